The number of fused-ring (bicyclic) bond motifs is 1. The summed E-state index contributed by atoms with van der Waals surface area (Å²) in [6, 6.07) is 7.99. The summed E-state index contributed by atoms with van der Waals surface area (Å²) in [6.07, 6.45) is -13.2. The molecule has 0 spiro atoms. The zero-order valence-electron chi connectivity index (χ0n) is 23.9. The van der Waals surface area contributed by atoms with E-state index in [0.29, 0.717) is 11.3 Å². The van der Waals surface area contributed by atoms with E-state index in [-0.39, 0.29) is 33.8 Å². The number of hydrogen-bond acceptors (Lipinski definition) is 15. The van der Waals surface area contributed by atoms with Crippen LogP contribution in [0.1, 0.15) is 0 Å². The van der Waals surface area contributed by atoms with E-state index in [0.717, 1.165) is 0 Å². The maximum atomic E-state index is 14.0. The highest BCUT2D eigenvalue weighted by Crippen LogP contribution is 2.42. The van der Waals surface area contributed by atoms with Crippen LogP contribution in [-0.2, 0) is 14.2 Å². The van der Waals surface area contributed by atoms with Gasteiger partial charge in [-0.1, -0.05) is 12.1 Å². The molecule has 6 N–H and O–H groups in total. The molecule has 0 unspecified atom stereocenters. The van der Waals surface area contributed by atoms with Crippen LogP contribution in [0.3, 0.4) is 0 Å². The van der Waals surface area contributed by atoms with Crippen molar-refractivity contribution < 1.29 is 68.2 Å². The van der Waals surface area contributed by atoms with E-state index < -0.39 is 74.0 Å². The highest BCUT2D eigenvalue weighted by atomic mass is 16.8. The van der Waals surface area contributed by atoms with E-state index in [2.05, 4.69) is 0 Å². The van der Waals surface area contributed by atoms with E-state index in [1.807, 2.05) is 0 Å². The van der Waals surface area contributed by atoms with Gasteiger partial charge in [0.15, 0.2) is 23.7 Å². The molecule has 3 aromatic rings. The molecule has 0 saturated carbocycles. The molecule has 2 aliphatic heterocycles. The Morgan fingerprint density at radius 1 is 0.864 bits per heavy atom. The number of hydrogen-bond donors (Lipinski definition) is 6. The summed E-state index contributed by atoms with van der Waals surface area (Å²) < 4.78 is 44.9. The second-order valence-electron chi connectivity index (χ2n) is 10.2. The molecule has 0 radical (unpaired) electrons. The van der Waals surface area contributed by atoms with E-state index >= 15 is 0 Å². The average molecular weight is 623 g/mol. The van der Waals surface area contributed by atoms with Crippen molar-refractivity contribution in [3.63, 3.8) is 0 Å². The van der Waals surface area contributed by atoms with Gasteiger partial charge in [-0.15, -0.1) is 0 Å². The molecule has 2 fully saturated rings. The van der Waals surface area contributed by atoms with Crippen molar-refractivity contribution in [3.8, 4) is 34.1 Å². The number of benzene rings is 2. The van der Waals surface area contributed by atoms with Crippen molar-refractivity contribution in [1.82, 2.24) is 0 Å². The van der Waals surface area contributed by atoms with Gasteiger partial charge in [-0.2, -0.15) is 0 Å². The van der Waals surface area contributed by atoms with Gasteiger partial charge in [0.05, 0.1) is 40.1 Å². The number of rotatable bonds is 9. The van der Waals surface area contributed by atoms with Crippen molar-refractivity contribution in [2.24, 2.45) is 0 Å². The van der Waals surface area contributed by atoms with Crippen LogP contribution in [0, 0.1) is 0 Å². The molecule has 44 heavy (non-hydrogen) atoms. The normalized spacial score (nSPS) is 30.6. The lowest BCUT2D eigenvalue weighted by Gasteiger charge is -2.44. The molecular formula is C29H34O15. The Morgan fingerprint density at radius 3 is 2.23 bits per heavy atom. The molecule has 15 nitrogen and oxygen atoms in total. The molecule has 2 aromatic carbocycles. The van der Waals surface area contributed by atoms with E-state index in [1.54, 1.807) is 24.3 Å². The first kappa shape index (κ1) is 31.9. The van der Waals surface area contributed by atoms with Crippen LogP contribution in [0.25, 0.3) is 22.1 Å². The molecule has 2 saturated heterocycles. The van der Waals surface area contributed by atoms with Crippen molar-refractivity contribution in [2.45, 2.75) is 55.3 Å². The summed E-state index contributed by atoms with van der Waals surface area (Å²) in [5.74, 6) is 0.593. The van der Waals surface area contributed by atoms with E-state index in [4.69, 9.17) is 37.6 Å². The summed E-state index contributed by atoms with van der Waals surface area (Å²) in [5.41, 5.74) is 0.0767. The third kappa shape index (κ3) is 5.81. The topological polar surface area (TPSA) is 216 Å². The summed E-state index contributed by atoms with van der Waals surface area (Å²) in [7, 11) is 4.22. The smallest absolute Gasteiger partial charge is 0.229 e. The largest absolute Gasteiger partial charge is 0.497 e. The Balaban J connectivity index is 1.60. The van der Waals surface area contributed by atoms with Gasteiger partial charge in [0.2, 0.25) is 17.5 Å². The Labute approximate surface area is 250 Å². The van der Waals surface area contributed by atoms with Crippen LogP contribution < -0.4 is 24.4 Å². The molecule has 0 bridgehead atoms. The minimum atomic E-state index is -1.77. The first-order chi connectivity index (χ1) is 21.1. The van der Waals surface area contributed by atoms with Crippen LogP contribution in [-0.4, -0.2) is 120 Å². The van der Waals surface area contributed by atoms with Crippen LogP contribution in [0.2, 0.25) is 0 Å². The number of aliphatic hydroxyl groups is 6. The van der Waals surface area contributed by atoms with Gasteiger partial charge in [0.1, 0.15) is 59.8 Å². The molecule has 9 atom stereocenters. The van der Waals surface area contributed by atoms with Crippen LogP contribution >= 0.6 is 0 Å². The number of aliphatic hydroxyl groups excluding tert-OH is 6. The molecule has 3 heterocycles. The van der Waals surface area contributed by atoms with Crippen molar-refractivity contribution in [2.75, 3.05) is 34.5 Å². The molecule has 0 aliphatic carbocycles. The lowest BCUT2D eigenvalue weighted by Crippen LogP contribution is -2.63. The fourth-order valence-corrected chi connectivity index (χ4v) is 5.11. The maximum absolute atomic E-state index is 14.0. The van der Waals surface area contributed by atoms with Crippen LogP contribution in [0.15, 0.2) is 45.8 Å². The van der Waals surface area contributed by atoms with Gasteiger partial charge >= 0.3 is 0 Å². The lowest BCUT2D eigenvalue weighted by atomic mass is 9.98. The minimum absolute atomic E-state index is 0.0418. The Morgan fingerprint density at radius 2 is 1.59 bits per heavy atom. The summed E-state index contributed by atoms with van der Waals surface area (Å²) in [4.78, 5) is 14.0. The minimum Gasteiger partial charge on any atom is -0.497 e. The summed E-state index contributed by atoms with van der Waals surface area (Å²) >= 11 is 0. The predicted molar refractivity (Wildman–Crippen MR) is 149 cm³/mol. The fraction of sp³-hybridized carbons (Fsp3) is 0.483. The Kier molecular flexibility index (Phi) is 9.59. The first-order valence-corrected chi connectivity index (χ1v) is 13.6. The third-order valence-electron chi connectivity index (χ3n) is 7.57. The molecule has 5 rings (SSSR count). The van der Waals surface area contributed by atoms with Gasteiger partial charge in [-0.05, 0) is 17.7 Å². The quantitative estimate of drug-likeness (QED) is 0.171. The third-order valence-corrected chi connectivity index (χ3v) is 7.57. The molecule has 2 aliphatic rings. The molecule has 240 valence electrons. The standard InChI is InChI=1S/C29H34O15/c1-37-13-6-4-12(5-7-13)14-10-40-26-19(20(14)32)16(8-17(38-2)25(26)39-3)42-29-27(23(35)22(34)18(9-30)43-29)44-28-24(36)21(33)15(31)11-41-28/h4-8,10,15,18,21-24,27-31,33-36H,9,11H2,1-3H3/t15-,18+,21+,22+,23-,24+,27+,28+,29+/m1/s1. The zero-order valence-corrected chi connectivity index (χ0v) is 23.9. The first-order valence-electron chi connectivity index (χ1n) is 13.6. The lowest BCUT2D eigenvalue weighted by molar-refractivity contribution is -0.344. The average Bonchev–Trinajstić information content (AvgIpc) is 3.04. The van der Waals surface area contributed by atoms with Crippen LogP contribution in [0.4, 0.5) is 0 Å². The van der Waals surface area contributed by atoms with Crippen molar-refractivity contribution in [1.29, 1.82) is 0 Å². The van der Waals surface area contributed by atoms with Gasteiger partial charge in [0, 0.05) is 6.07 Å². The Bertz CT molecular complexity index is 1490. The monoisotopic (exact) mass is 622 g/mol. The van der Waals surface area contributed by atoms with Gasteiger partial charge in [0.25, 0.3) is 0 Å². The van der Waals surface area contributed by atoms with Crippen molar-refractivity contribution in [3.05, 3.63) is 46.8 Å². The van der Waals surface area contributed by atoms with E-state index in [1.165, 1.54) is 33.7 Å². The fourth-order valence-electron chi connectivity index (χ4n) is 5.11. The summed E-state index contributed by atoms with van der Waals surface area (Å²) in [6.45, 7) is -1.13. The van der Waals surface area contributed by atoms with Gasteiger partial charge in [-0.25, -0.2) is 0 Å². The predicted octanol–water partition coefficient (Wildman–Crippen LogP) is -0.872. The second kappa shape index (κ2) is 13.2. The molecule has 15 heteroatoms. The van der Waals surface area contributed by atoms with Crippen LogP contribution in [0.5, 0.6) is 23.0 Å². The highest BCUT2D eigenvalue weighted by molar-refractivity contribution is 5.93. The Hall–Kier alpha value is -3.51. The zero-order chi connectivity index (χ0) is 31.7. The molecule has 0 amide bonds. The SMILES string of the molecule is COc1ccc(-c2coc3c(OC)c(OC)cc(O[C@H]4O[C@@H](CO)[C@H](O)[C@@H](O)[C@@H]4O[C@@H]4OC[C@@H](O)[C@H](O)[C@@H]4O)c3c2=O)cc1. The second-order valence-corrected chi connectivity index (χ2v) is 10.2. The van der Waals surface area contributed by atoms with Gasteiger partial charge in [-0.3, -0.25) is 4.79 Å². The van der Waals surface area contributed by atoms with E-state index in [9.17, 15) is 35.4 Å². The molecular weight excluding hydrogens is 588 g/mol. The van der Waals surface area contributed by atoms with Gasteiger partial charge < -0.3 is 68.2 Å². The van der Waals surface area contributed by atoms with Crippen molar-refractivity contribution >= 4 is 11.0 Å². The number of methoxy groups -OCH3 is 3. The number of ether oxygens (including phenoxy) is 7. The maximum Gasteiger partial charge on any atom is 0.229 e. The summed E-state index contributed by atoms with van der Waals surface area (Å²) in [5, 5.41) is 61.6. The highest BCUT2D eigenvalue weighted by Gasteiger charge is 2.50. The molecule has 1 aromatic heterocycles.